The van der Waals surface area contributed by atoms with Gasteiger partial charge in [-0.3, -0.25) is 14.4 Å². The highest BCUT2D eigenvalue weighted by molar-refractivity contribution is 6.30. The molecule has 1 saturated heterocycles. The van der Waals surface area contributed by atoms with Crippen LogP contribution in [0.5, 0.6) is 5.75 Å². The quantitative estimate of drug-likeness (QED) is 0.208. The van der Waals surface area contributed by atoms with Gasteiger partial charge in [-0.15, -0.1) is 6.42 Å². The van der Waals surface area contributed by atoms with Gasteiger partial charge < -0.3 is 26.0 Å². The van der Waals surface area contributed by atoms with E-state index in [2.05, 4.69) is 26.5 Å². The summed E-state index contributed by atoms with van der Waals surface area (Å²) in [5.74, 6) is -0.00537. The van der Waals surface area contributed by atoms with Gasteiger partial charge in [0.15, 0.2) is 0 Å². The summed E-state index contributed by atoms with van der Waals surface area (Å²) in [6, 6.07) is 9.81. The van der Waals surface area contributed by atoms with Gasteiger partial charge in [-0.05, 0) is 49.2 Å². The van der Waals surface area contributed by atoms with E-state index < -0.39 is 17.6 Å². The Morgan fingerprint density at radius 2 is 1.88 bits per heavy atom. The molecule has 0 bridgehead atoms. The minimum atomic E-state index is -0.822. The Morgan fingerprint density at radius 1 is 1.15 bits per heavy atom. The van der Waals surface area contributed by atoms with Crippen molar-refractivity contribution in [2.45, 2.75) is 12.8 Å². The second-order valence-corrected chi connectivity index (χ2v) is 9.57. The van der Waals surface area contributed by atoms with E-state index in [-0.39, 0.29) is 40.2 Å². The van der Waals surface area contributed by atoms with Crippen LogP contribution in [0, 0.1) is 24.1 Å². The van der Waals surface area contributed by atoms with Crippen LogP contribution in [0.1, 0.15) is 39.1 Å². The number of nitrogens with zero attached hydrogens (tertiary/aromatic N) is 3. The lowest BCUT2D eigenvalue weighted by Crippen LogP contribution is -2.37. The summed E-state index contributed by atoms with van der Waals surface area (Å²) in [4.78, 5) is 47.9. The standard InChI is InChI=1S/C29H26ClFN6O4/c1-3-17-12-22(29(40)35-25-7-4-19(30)15-33-25)26(24(13-17)41-2)36-28(39)21-6-5-20(14-23(21)31)34-16-37-10-8-18(9-11-37)27(32)38/h1,4-7,12-16,18H,8-11H2,2H3,(H2,32,38)(H,36,39)(H,33,35,40). The molecule has 1 aromatic heterocycles. The molecule has 0 radical (unpaired) electrons. The second kappa shape index (κ2) is 12.9. The minimum absolute atomic E-state index is 0.0103. The number of methoxy groups -OCH3 is 1. The fourth-order valence-corrected chi connectivity index (χ4v) is 4.31. The smallest absolute Gasteiger partial charge is 0.259 e. The summed E-state index contributed by atoms with van der Waals surface area (Å²) in [5.41, 5.74) is 5.67. The van der Waals surface area contributed by atoms with Crippen LogP contribution in [0.4, 0.5) is 21.6 Å². The van der Waals surface area contributed by atoms with Crippen LogP contribution in [0.2, 0.25) is 5.02 Å². The zero-order valence-corrected chi connectivity index (χ0v) is 22.7. The molecule has 4 rings (SSSR count). The third-order valence-corrected chi connectivity index (χ3v) is 6.66. The van der Waals surface area contributed by atoms with Gasteiger partial charge in [-0.1, -0.05) is 17.5 Å². The molecule has 2 heterocycles. The monoisotopic (exact) mass is 576 g/mol. The summed E-state index contributed by atoms with van der Waals surface area (Å²) < 4.78 is 20.4. The summed E-state index contributed by atoms with van der Waals surface area (Å²) >= 11 is 5.86. The van der Waals surface area contributed by atoms with Crippen LogP contribution in [0.15, 0.2) is 53.7 Å². The van der Waals surface area contributed by atoms with Crippen molar-refractivity contribution in [3.63, 3.8) is 0 Å². The first-order valence-electron chi connectivity index (χ1n) is 12.5. The highest BCUT2D eigenvalue weighted by atomic mass is 35.5. The zero-order chi connectivity index (χ0) is 29.5. The van der Waals surface area contributed by atoms with E-state index in [1.807, 2.05) is 4.90 Å². The number of hydrogen-bond donors (Lipinski definition) is 3. The first-order valence-corrected chi connectivity index (χ1v) is 12.9. The molecule has 0 saturated carbocycles. The van der Waals surface area contributed by atoms with E-state index in [1.165, 1.54) is 43.6 Å². The number of piperidine rings is 1. The Balaban J connectivity index is 1.53. The zero-order valence-electron chi connectivity index (χ0n) is 22.0. The van der Waals surface area contributed by atoms with Crippen LogP contribution in [-0.4, -0.2) is 54.1 Å². The molecule has 12 heteroatoms. The van der Waals surface area contributed by atoms with E-state index >= 15 is 4.39 Å². The van der Waals surface area contributed by atoms with E-state index in [4.69, 9.17) is 28.5 Å². The number of amides is 3. The SMILES string of the molecule is C#Cc1cc(OC)c(NC(=O)c2ccc(N=CN3CCC(C(N)=O)CC3)cc2F)c(C(=O)Nc2ccc(Cl)cn2)c1. The average Bonchev–Trinajstić information content (AvgIpc) is 2.97. The lowest BCUT2D eigenvalue weighted by Gasteiger charge is -2.28. The molecule has 210 valence electrons. The van der Waals surface area contributed by atoms with E-state index in [9.17, 15) is 14.4 Å². The predicted molar refractivity (Wildman–Crippen MR) is 154 cm³/mol. The molecular weight excluding hydrogens is 551 g/mol. The fourth-order valence-electron chi connectivity index (χ4n) is 4.20. The van der Waals surface area contributed by atoms with Gasteiger partial charge in [0.05, 0.1) is 41.0 Å². The van der Waals surface area contributed by atoms with Gasteiger partial charge in [-0.2, -0.15) is 0 Å². The van der Waals surface area contributed by atoms with Crippen molar-refractivity contribution in [3.8, 4) is 18.1 Å². The highest BCUT2D eigenvalue weighted by Crippen LogP contribution is 2.32. The molecular formula is C29H26ClFN6O4. The number of nitrogens with one attached hydrogen (secondary N) is 2. The fraction of sp³-hybridized carbons (Fsp3) is 0.207. The minimum Gasteiger partial charge on any atom is -0.495 e. The van der Waals surface area contributed by atoms with Crippen LogP contribution < -0.4 is 21.1 Å². The Bertz CT molecular complexity index is 1550. The van der Waals surface area contributed by atoms with Gasteiger partial charge in [0, 0.05) is 36.8 Å². The number of primary amides is 1. The van der Waals surface area contributed by atoms with Gasteiger partial charge in [0.1, 0.15) is 17.4 Å². The first kappa shape index (κ1) is 29.0. The number of nitrogens with two attached hydrogens (primary N) is 1. The van der Waals surface area contributed by atoms with Crippen molar-refractivity contribution in [2.75, 3.05) is 30.8 Å². The molecule has 3 amide bonds. The second-order valence-electron chi connectivity index (χ2n) is 9.14. The average molecular weight is 577 g/mol. The number of ether oxygens (including phenoxy) is 1. The third kappa shape index (κ3) is 7.17. The summed E-state index contributed by atoms with van der Waals surface area (Å²) in [6.07, 6.45) is 9.72. The van der Waals surface area contributed by atoms with Gasteiger partial charge in [-0.25, -0.2) is 14.4 Å². The number of carbonyl (C=O) groups excluding carboxylic acids is 3. The number of anilines is 2. The Kier molecular flexibility index (Phi) is 9.16. The summed E-state index contributed by atoms with van der Waals surface area (Å²) in [7, 11) is 1.34. The lowest BCUT2D eigenvalue weighted by molar-refractivity contribution is -0.122. The molecule has 1 aliphatic heterocycles. The molecule has 4 N–H and O–H groups in total. The number of aliphatic imine (C=N–C) groups is 1. The van der Waals surface area contributed by atoms with Gasteiger partial charge >= 0.3 is 0 Å². The molecule has 0 aliphatic carbocycles. The van der Waals surface area contributed by atoms with Gasteiger partial charge in [0.2, 0.25) is 5.91 Å². The molecule has 0 spiro atoms. The number of pyridine rings is 1. The molecule has 41 heavy (non-hydrogen) atoms. The summed E-state index contributed by atoms with van der Waals surface area (Å²) in [6.45, 7) is 1.20. The van der Waals surface area contributed by atoms with Crippen LogP contribution >= 0.6 is 11.6 Å². The molecule has 1 fully saturated rings. The molecule has 2 aromatic carbocycles. The number of carbonyl (C=O) groups is 3. The number of rotatable bonds is 8. The lowest BCUT2D eigenvalue weighted by atomic mass is 9.97. The Hall–Kier alpha value is -4.95. The highest BCUT2D eigenvalue weighted by Gasteiger charge is 2.23. The van der Waals surface area contributed by atoms with E-state index in [0.29, 0.717) is 42.2 Å². The number of benzene rings is 2. The topological polar surface area (TPSA) is 139 Å². The molecule has 1 aliphatic rings. The number of likely N-dealkylation sites (tertiary alicyclic amines) is 1. The number of aromatic nitrogens is 1. The maximum Gasteiger partial charge on any atom is 0.259 e. The Labute approximate surface area is 240 Å². The van der Waals surface area contributed by atoms with E-state index in [0.717, 1.165) is 6.07 Å². The molecule has 0 atom stereocenters. The normalized spacial score (nSPS) is 13.5. The predicted octanol–water partition coefficient (Wildman–Crippen LogP) is 4.23. The first-order chi connectivity index (χ1) is 19.7. The summed E-state index contributed by atoms with van der Waals surface area (Å²) in [5, 5.41) is 5.56. The molecule has 10 nitrogen and oxygen atoms in total. The van der Waals surface area contributed by atoms with Gasteiger partial charge in [0.25, 0.3) is 11.8 Å². The number of terminal acetylenes is 1. The van der Waals surface area contributed by atoms with Crippen molar-refractivity contribution in [3.05, 3.63) is 76.2 Å². The van der Waals surface area contributed by atoms with Crippen molar-refractivity contribution in [2.24, 2.45) is 16.6 Å². The van der Waals surface area contributed by atoms with Crippen molar-refractivity contribution in [1.82, 2.24) is 9.88 Å². The van der Waals surface area contributed by atoms with Crippen LogP contribution in [0.25, 0.3) is 0 Å². The Morgan fingerprint density at radius 3 is 2.49 bits per heavy atom. The largest absolute Gasteiger partial charge is 0.495 e. The van der Waals surface area contributed by atoms with Crippen molar-refractivity contribution >= 4 is 52.9 Å². The maximum atomic E-state index is 15.0. The molecule has 0 unspecified atom stereocenters. The van der Waals surface area contributed by atoms with E-state index in [1.54, 1.807) is 12.4 Å². The van der Waals surface area contributed by atoms with Crippen molar-refractivity contribution in [1.29, 1.82) is 0 Å². The maximum absolute atomic E-state index is 15.0. The number of hydrogen-bond acceptors (Lipinski definition) is 6. The van der Waals surface area contributed by atoms with Crippen molar-refractivity contribution < 1.29 is 23.5 Å². The van der Waals surface area contributed by atoms with Crippen LogP contribution in [0.3, 0.4) is 0 Å². The van der Waals surface area contributed by atoms with Crippen LogP contribution in [-0.2, 0) is 4.79 Å². The number of halogens is 2. The third-order valence-electron chi connectivity index (χ3n) is 6.44. The molecule has 3 aromatic rings.